The van der Waals surface area contributed by atoms with Crippen LogP contribution >= 0.6 is 0 Å². The summed E-state index contributed by atoms with van der Waals surface area (Å²) in [7, 11) is 1.87. The Balaban J connectivity index is 1.88. The predicted molar refractivity (Wildman–Crippen MR) is 97.7 cm³/mol. The fourth-order valence-corrected chi connectivity index (χ4v) is 2.41. The molecular formula is C18H25N5O2. The van der Waals surface area contributed by atoms with Crippen LogP contribution in [0.25, 0.3) is 0 Å². The summed E-state index contributed by atoms with van der Waals surface area (Å²) in [6, 6.07) is 6.94. The second-order valence-corrected chi connectivity index (χ2v) is 6.23. The summed E-state index contributed by atoms with van der Waals surface area (Å²) in [5, 5.41) is 12.6. The highest BCUT2D eigenvalue weighted by atomic mass is 16.2. The Morgan fingerprint density at radius 1 is 1.24 bits per heavy atom. The summed E-state index contributed by atoms with van der Waals surface area (Å²) in [5.41, 5.74) is 3.14. The first-order valence-corrected chi connectivity index (χ1v) is 8.30. The van der Waals surface area contributed by atoms with E-state index in [0.717, 1.165) is 11.3 Å². The van der Waals surface area contributed by atoms with E-state index in [1.54, 1.807) is 29.1 Å². The van der Waals surface area contributed by atoms with E-state index in [4.69, 9.17) is 0 Å². The molecule has 0 saturated carbocycles. The summed E-state index contributed by atoms with van der Waals surface area (Å²) in [6.45, 7) is 6.20. The summed E-state index contributed by atoms with van der Waals surface area (Å²) in [5.74, 6) is -0.120. The third-order valence-corrected chi connectivity index (χ3v) is 3.75. The van der Waals surface area contributed by atoms with Gasteiger partial charge in [0.25, 0.3) is 5.91 Å². The molecule has 1 aromatic carbocycles. The van der Waals surface area contributed by atoms with Crippen molar-refractivity contribution in [3.8, 4) is 0 Å². The number of hydrogen-bond donors (Lipinski definition) is 3. The number of nitrogens with one attached hydrogen (secondary N) is 3. The number of rotatable bonds is 6. The highest BCUT2D eigenvalue weighted by Gasteiger charge is 2.10. The first-order valence-electron chi connectivity index (χ1n) is 8.30. The molecule has 0 aliphatic rings. The zero-order chi connectivity index (χ0) is 18.4. The van der Waals surface area contributed by atoms with Gasteiger partial charge >= 0.3 is 6.03 Å². The molecule has 0 fully saturated rings. The number of urea groups is 1. The van der Waals surface area contributed by atoms with Crippen molar-refractivity contribution in [3.63, 3.8) is 0 Å². The number of anilines is 1. The molecule has 3 N–H and O–H groups in total. The maximum atomic E-state index is 12.0. The number of carbonyl (C=O) groups excluding carboxylic acids is 2. The molecule has 0 atom stereocenters. The van der Waals surface area contributed by atoms with Gasteiger partial charge in [0.05, 0.1) is 0 Å². The molecule has 0 aliphatic heterocycles. The molecule has 25 heavy (non-hydrogen) atoms. The van der Waals surface area contributed by atoms with E-state index in [9.17, 15) is 9.59 Å². The number of nitrogens with zero attached hydrogens (tertiary/aromatic N) is 2. The zero-order valence-electron chi connectivity index (χ0n) is 15.1. The molecule has 0 aliphatic carbocycles. The van der Waals surface area contributed by atoms with Gasteiger partial charge in [0.15, 0.2) is 0 Å². The molecule has 134 valence electrons. The van der Waals surface area contributed by atoms with E-state index >= 15 is 0 Å². The van der Waals surface area contributed by atoms with Gasteiger partial charge in [-0.3, -0.25) is 9.48 Å². The monoisotopic (exact) mass is 343 g/mol. The minimum absolute atomic E-state index is 0.0795. The summed E-state index contributed by atoms with van der Waals surface area (Å²) >= 11 is 0. The van der Waals surface area contributed by atoms with Crippen molar-refractivity contribution in [3.05, 3.63) is 47.3 Å². The summed E-state index contributed by atoms with van der Waals surface area (Å²) < 4.78 is 1.78. The molecule has 1 aromatic heterocycles. The maximum Gasteiger partial charge on any atom is 0.319 e. The van der Waals surface area contributed by atoms with Crippen LogP contribution < -0.4 is 16.0 Å². The van der Waals surface area contributed by atoms with Crippen LogP contribution in [0.2, 0.25) is 0 Å². The predicted octanol–water partition coefficient (Wildman–Crippen LogP) is 2.23. The second kappa shape index (κ2) is 8.32. The third-order valence-electron chi connectivity index (χ3n) is 3.75. The lowest BCUT2D eigenvalue weighted by Crippen LogP contribution is -2.31. The molecule has 0 saturated heterocycles. The molecule has 0 spiro atoms. The van der Waals surface area contributed by atoms with E-state index < -0.39 is 0 Å². The third kappa shape index (κ3) is 5.34. The molecular weight excluding hydrogens is 318 g/mol. The summed E-state index contributed by atoms with van der Waals surface area (Å²) in [4.78, 5) is 24.0. The topological polar surface area (TPSA) is 88.1 Å². The molecule has 0 radical (unpaired) electrons. The largest absolute Gasteiger partial charge is 0.350 e. The Bertz CT molecular complexity index is 752. The molecule has 0 bridgehead atoms. The number of aromatic nitrogens is 2. The lowest BCUT2D eigenvalue weighted by atomic mass is 10.1. The highest BCUT2D eigenvalue weighted by Crippen LogP contribution is 2.16. The number of benzene rings is 1. The molecule has 1 heterocycles. The molecule has 2 rings (SSSR count). The first-order chi connectivity index (χ1) is 11.9. The van der Waals surface area contributed by atoms with Gasteiger partial charge in [0, 0.05) is 49.2 Å². The van der Waals surface area contributed by atoms with Crippen LogP contribution in [0.15, 0.2) is 30.5 Å². The first kappa shape index (κ1) is 18.5. The number of amides is 3. The van der Waals surface area contributed by atoms with Gasteiger partial charge in [0.2, 0.25) is 0 Å². The van der Waals surface area contributed by atoms with Gasteiger partial charge in [-0.1, -0.05) is 0 Å². The number of aryl methyl sites for hydroxylation is 2. The fourth-order valence-electron chi connectivity index (χ4n) is 2.41. The van der Waals surface area contributed by atoms with Gasteiger partial charge in [-0.25, -0.2) is 4.79 Å². The quantitative estimate of drug-likeness (QED) is 0.751. The van der Waals surface area contributed by atoms with E-state index in [2.05, 4.69) is 21.0 Å². The van der Waals surface area contributed by atoms with Gasteiger partial charge < -0.3 is 16.0 Å². The van der Waals surface area contributed by atoms with Crippen molar-refractivity contribution in [1.29, 1.82) is 0 Å². The van der Waals surface area contributed by atoms with Crippen LogP contribution in [0, 0.1) is 6.92 Å². The minimum Gasteiger partial charge on any atom is -0.350 e. The molecule has 3 amide bonds. The van der Waals surface area contributed by atoms with Crippen LogP contribution in [0.4, 0.5) is 10.5 Å². The van der Waals surface area contributed by atoms with Gasteiger partial charge in [0.1, 0.15) is 0 Å². The fraction of sp³-hybridized carbons (Fsp3) is 0.389. The van der Waals surface area contributed by atoms with Crippen LogP contribution in [0.3, 0.4) is 0 Å². The van der Waals surface area contributed by atoms with Crippen molar-refractivity contribution in [2.75, 3.05) is 11.9 Å². The maximum absolute atomic E-state index is 12.0. The Hall–Kier alpha value is -2.83. The zero-order valence-corrected chi connectivity index (χ0v) is 15.1. The Morgan fingerprint density at radius 3 is 2.60 bits per heavy atom. The molecule has 7 nitrogen and oxygen atoms in total. The van der Waals surface area contributed by atoms with Crippen molar-refractivity contribution in [2.24, 2.45) is 7.05 Å². The van der Waals surface area contributed by atoms with Crippen LogP contribution in [0.1, 0.15) is 35.5 Å². The lowest BCUT2D eigenvalue weighted by molar-refractivity contribution is 0.0943. The van der Waals surface area contributed by atoms with Gasteiger partial charge in [-0.2, -0.15) is 5.10 Å². The van der Waals surface area contributed by atoms with Crippen LogP contribution in [-0.2, 0) is 13.5 Å². The van der Waals surface area contributed by atoms with Crippen LogP contribution in [0.5, 0.6) is 0 Å². The molecule has 7 heteroatoms. The standard InChI is InChI=1S/C18H25N5O2/c1-12(2)21-17(24)14-5-6-16(13(3)11-14)22-18(25)19-9-7-15-8-10-20-23(15)4/h5-6,8,10-12H,7,9H2,1-4H3,(H,21,24)(H2,19,22,25). The van der Waals surface area contributed by atoms with Crippen molar-refractivity contribution in [2.45, 2.75) is 33.2 Å². The normalized spacial score (nSPS) is 10.6. The second-order valence-electron chi connectivity index (χ2n) is 6.23. The average Bonchev–Trinajstić information content (AvgIpc) is 2.94. The van der Waals surface area contributed by atoms with E-state index in [-0.39, 0.29) is 18.0 Å². The Morgan fingerprint density at radius 2 is 2.00 bits per heavy atom. The molecule has 0 unspecified atom stereocenters. The van der Waals surface area contributed by atoms with Crippen LogP contribution in [-0.4, -0.2) is 34.3 Å². The van der Waals surface area contributed by atoms with E-state index in [0.29, 0.717) is 24.2 Å². The number of carbonyl (C=O) groups is 2. The highest BCUT2D eigenvalue weighted by molar-refractivity contribution is 5.96. The van der Waals surface area contributed by atoms with Crippen molar-refractivity contribution >= 4 is 17.6 Å². The Kier molecular flexibility index (Phi) is 6.16. The van der Waals surface area contributed by atoms with Gasteiger partial charge in [-0.05, 0) is 50.6 Å². The number of hydrogen-bond acceptors (Lipinski definition) is 3. The van der Waals surface area contributed by atoms with Crippen molar-refractivity contribution < 1.29 is 9.59 Å². The Labute approximate surface area is 147 Å². The van der Waals surface area contributed by atoms with E-state index in [1.807, 2.05) is 33.9 Å². The average molecular weight is 343 g/mol. The smallest absolute Gasteiger partial charge is 0.319 e. The van der Waals surface area contributed by atoms with Gasteiger partial charge in [-0.15, -0.1) is 0 Å². The summed E-state index contributed by atoms with van der Waals surface area (Å²) in [6.07, 6.45) is 2.44. The van der Waals surface area contributed by atoms with Crippen molar-refractivity contribution in [1.82, 2.24) is 20.4 Å². The molecule has 2 aromatic rings. The lowest BCUT2D eigenvalue weighted by Gasteiger charge is -2.12. The van der Waals surface area contributed by atoms with E-state index in [1.165, 1.54) is 0 Å². The SMILES string of the molecule is Cc1cc(C(=O)NC(C)C)ccc1NC(=O)NCCc1ccnn1C. The minimum atomic E-state index is -0.273.